The Morgan fingerprint density at radius 3 is 2.89 bits per heavy atom. The smallest absolute Gasteiger partial charge is 0.0551 e. The highest BCUT2D eigenvalue weighted by Gasteiger charge is 2.29. The van der Waals surface area contributed by atoms with Gasteiger partial charge in [0, 0.05) is 17.1 Å². The van der Waals surface area contributed by atoms with Crippen LogP contribution >= 0.6 is 27.5 Å². The minimum Gasteiger partial charge on any atom is -0.330 e. The van der Waals surface area contributed by atoms with Gasteiger partial charge < -0.3 is 5.73 Å². The third-order valence-corrected chi connectivity index (χ3v) is 5.14. The number of nitrogens with zero attached hydrogens (tertiary/aromatic N) is 1. The standard InChI is InChI=1S/C14H20BrClN2/c1-18(14-4-2-3-11(14)8-17)9-10-5-6-12(15)13(16)7-10/h5-7,11,14H,2-4,8-9,17H2,1H3. The van der Waals surface area contributed by atoms with Crippen molar-refractivity contribution < 1.29 is 0 Å². The van der Waals surface area contributed by atoms with Crippen molar-refractivity contribution in [3.8, 4) is 0 Å². The highest BCUT2D eigenvalue weighted by molar-refractivity contribution is 9.10. The van der Waals surface area contributed by atoms with Crippen LogP contribution in [0.1, 0.15) is 24.8 Å². The Hall–Kier alpha value is -0.0900. The molecule has 0 bridgehead atoms. The average molecular weight is 332 g/mol. The summed E-state index contributed by atoms with van der Waals surface area (Å²) in [7, 11) is 2.19. The van der Waals surface area contributed by atoms with E-state index in [1.165, 1.54) is 24.8 Å². The van der Waals surface area contributed by atoms with Crippen LogP contribution in [-0.2, 0) is 6.54 Å². The quantitative estimate of drug-likeness (QED) is 0.912. The third-order valence-electron chi connectivity index (χ3n) is 3.90. The van der Waals surface area contributed by atoms with Gasteiger partial charge in [-0.2, -0.15) is 0 Å². The number of benzene rings is 1. The second-order valence-corrected chi connectivity index (χ2v) is 6.42. The fraction of sp³-hybridized carbons (Fsp3) is 0.571. The number of nitrogens with two attached hydrogens (primary N) is 1. The van der Waals surface area contributed by atoms with Crippen LogP contribution < -0.4 is 5.73 Å². The molecule has 1 aliphatic rings. The number of halogens is 2. The van der Waals surface area contributed by atoms with E-state index in [1.807, 2.05) is 12.1 Å². The first kappa shape index (κ1) is 14.3. The molecule has 1 aromatic rings. The molecule has 1 aliphatic carbocycles. The van der Waals surface area contributed by atoms with Gasteiger partial charge in [0.2, 0.25) is 0 Å². The monoisotopic (exact) mass is 330 g/mol. The van der Waals surface area contributed by atoms with Crippen molar-refractivity contribution >= 4 is 27.5 Å². The van der Waals surface area contributed by atoms with Gasteiger partial charge in [-0.1, -0.05) is 24.1 Å². The third kappa shape index (κ3) is 3.27. The van der Waals surface area contributed by atoms with Gasteiger partial charge in [-0.25, -0.2) is 0 Å². The Bertz CT molecular complexity index is 411. The molecule has 1 fully saturated rings. The Labute approximate surface area is 123 Å². The van der Waals surface area contributed by atoms with Crippen molar-refractivity contribution in [1.29, 1.82) is 0 Å². The predicted octanol–water partition coefficient (Wildman–Crippen LogP) is 3.66. The molecule has 4 heteroatoms. The zero-order valence-electron chi connectivity index (χ0n) is 10.7. The number of rotatable bonds is 4. The molecule has 2 nitrogen and oxygen atoms in total. The SMILES string of the molecule is CN(Cc1ccc(Br)c(Cl)c1)C1CCCC1CN. The first-order chi connectivity index (χ1) is 8.61. The van der Waals surface area contributed by atoms with E-state index < -0.39 is 0 Å². The summed E-state index contributed by atoms with van der Waals surface area (Å²) in [5.41, 5.74) is 7.10. The summed E-state index contributed by atoms with van der Waals surface area (Å²) >= 11 is 9.55. The summed E-state index contributed by atoms with van der Waals surface area (Å²) in [6.07, 6.45) is 3.84. The van der Waals surface area contributed by atoms with Crippen LogP contribution in [0.3, 0.4) is 0 Å². The Morgan fingerprint density at radius 2 is 2.22 bits per heavy atom. The van der Waals surface area contributed by atoms with E-state index in [0.29, 0.717) is 12.0 Å². The number of hydrogen-bond acceptors (Lipinski definition) is 2. The molecule has 1 saturated carbocycles. The summed E-state index contributed by atoms with van der Waals surface area (Å²) in [6, 6.07) is 6.80. The molecule has 0 aromatic heterocycles. The molecule has 18 heavy (non-hydrogen) atoms. The van der Waals surface area contributed by atoms with E-state index in [4.69, 9.17) is 17.3 Å². The van der Waals surface area contributed by atoms with Gasteiger partial charge in [-0.3, -0.25) is 4.90 Å². The van der Waals surface area contributed by atoms with E-state index >= 15 is 0 Å². The second kappa shape index (κ2) is 6.38. The molecule has 2 rings (SSSR count). The highest BCUT2D eigenvalue weighted by atomic mass is 79.9. The molecule has 0 amide bonds. The lowest BCUT2D eigenvalue weighted by atomic mass is 10.0. The first-order valence-corrected chi connectivity index (χ1v) is 7.63. The van der Waals surface area contributed by atoms with Crippen LogP contribution in [0.4, 0.5) is 0 Å². The maximum Gasteiger partial charge on any atom is 0.0551 e. The van der Waals surface area contributed by atoms with Crippen LogP contribution in [0.5, 0.6) is 0 Å². The molecule has 2 unspecified atom stereocenters. The Balaban J connectivity index is 2.02. The maximum absolute atomic E-state index is 6.13. The fourth-order valence-electron chi connectivity index (χ4n) is 2.92. The van der Waals surface area contributed by atoms with Crippen molar-refractivity contribution in [2.45, 2.75) is 31.8 Å². The molecular formula is C14H20BrClN2. The highest BCUT2D eigenvalue weighted by Crippen LogP contribution is 2.30. The molecule has 100 valence electrons. The first-order valence-electron chi connectivity index (χ1n) is 6.46. The molecule has 1 aromatic carbocycles. The van der Waals surface area contributed by atoms with Crippen LogP contribution in [0.2, 0.25) is 5.02 Å². The zero-order valence-corrected chi connectivity index (χ0v) is 13.0. The summed E-state index contributed by atoms with van der Waals surface area (Å²) < 4.78 is 0.955. The van der Waals surface area contributed by atoms with Gasteiger partial charge in [0.15, 0.2) is 0 Å². The van der Waals surface area contributed by atoms with Gasteiger partial charge in [-0.15, -0.1) is 0 Å². The summed E-state index contributed by atoms with van der Waals surface area (Å²) in [4.78, 5) is 2.42. The van der Waals surface area contributed by atoms with Crippen LogP contribution in [0.15, 0.2) is 22.7 Å². The second-order valence-electron chi connectivity index (χ2n) is 5.16. The normalized spacial score (nSPS) is 23.8. The molecular weight excluding hydrogens is 312 g/mol. The summed E-state index contributed by atoms with van der Waals surface area (Å²) in [6.45, 7) is 1.74. The van der Waals surface area contributed by atoms with Crippen molar-refractivity contribution in [3.63, 3.8) is 0 Å². The predicted molar refractivity (Wildman–Crippen MR) is 80.8 cm³/mol. The van der Waals surface area contributed by atoms with Crippen LogP contribution in [0, 0.1) is 5.92 Å². The largest absolute Gasteiger partial charge is 0.330 e. The van der Waals surface area contributed by atoms with Gasteiger partial charge in [0.25, 0.3) is 0 Å². The van der Waals surface area contributed by atoms with E-state index in [1.54, 1.807) is 0 Å². The molecule has 0 spiro atoms. The van der Waals surface area contributed by atoms with Crippen LogP contribution in [0.25, 0.3) is 0 Å². The molecule has 0 radical (unpaired) electrons. The molecule has 2 atom stereocenters. The Kier molecular flexibility index (Phi) is 5.07. The maximum atomic E-state index is 6.13. The lowest BCUT2D eigenvalue weighted by molar-refractivity contribution is 0.193. The van der Waals surface area contributed by atoms with Gasteiger partial charge in [-0.05, 0) is 66.0 Å². The summed E-state index contributed by atoms with van der Waals surface area (Å²) in [5.74, 6) is 0.654. The van der Waals surface area contributed by atoms with E-state index in [2.05, 4.69) is 33.9 Å². The van der Waals surface area contributed by atoms with Gasteiger partial charge in [0.05, 0.1) is 5.02 Å². The van der Waals surface area contributed by atoms with E-state index in [9.17, 15) is 0 Å². The fourth-order valence-corrected chi connectivity index (χ4v) is 3.37. The summed E-state index contributed by atoms with van der Waals surface area (Å²) in [5, 5.41) is 0.780. The molecule has 0 aliphatic heterocycles. The topological polar surface area (TPSA) is 29.3 Å². The minimum atomic E-state index is 0.623. The van der Waals surface area contributed by atoms with E-state index in [0.717, 1.165) is 22.6 Å². The van der Waals surface area contributed by atoms with Gasteiger partial charge in [0.1, 0.15) is 0 Å². The van der Waals surface area contributed by atoms with Crippen molar-refractivity contribution in [3.05, 3.63) is 33.3 Å². The molecule has 2 N–H and O–H groups in total. The minimum absolute atomic E-state index is 0.623. The average Bonchev–Trinajstić information content (AvgIpc) is 2.82. The lowest BCUT2D eigenvalue weighted by Crippen LogP contribution is -2.37. The van der Waals surface area contributed by atoms with E-state index in [-0.39, 0.29) is 0 Å². The van der Waals surface area contributed by atoms with Gasteiger partial charge >= 0.3 is 0 Å². The molecule has 0 heterocycles. The van der Waals surface area contributed by atoms with Crippen LogP contribution in [-0.4, -0.2) is 24.5 Å². The van der Waals surface area contributed by atoms with Crippen molar-refractivity contribution in [1.82, 2.24) is 4.90 Å². The van der Waals surface area contributed by atoms with Crippen molar-refractivity contribution in [2.24, 2.45) is 11.7 Å². The Morgan fingerprint density at radius 1 is 1.44 bits per heavy atom. The van der Waals surface area contributed by atoms with Crippen molar-refractivity contribution in [2.75, 3.05) is 13.6 Å². The number of hydrogen-bond donors (Lipinski definition) is 1. The lowest BCUT2D eigenvalue weighted by Gasteiger charge is -2.29. The molecule has 0 saturated heterocycles. The zero-order chi connectivity index (χ0) is 13.1.